The molecule has 2 rings (SSSR count). The van der Waals surface area contributed by atoms with Gasteiger partial charge in [-0.2, -0.15) is 0 Å². The van der Waals surface area contributed by atoms with E-state index in [-0.39, 0.29) is 0 Å². The van der Waals surface area contributed by atoms with Gasteiger partial charge in [-0.25, -0.2) is 0 Å². The van der Waals surface area contributed by atoms with Gasteiger partial charge in [-0.15, -0.1) is 5.54 Å². The molecule has 0 spiro atoms. The molecule has 2 aromatic carbocycles. The lowest BCUT2D eigenvalue weighted by molar-refractivity contribution is 0.180. The molecule has 0 atom stereocenters. The van der Waals surface area contributed by atoms with Gasteiger partial charge in [-0.1, -0.05) is 98.4 Å². The maximum atomic E-state index is 11.5. The van der Waals surface area contributed by atoms with Crippen molar-refractivity contribution in [2.45, 2.75) is 39.1 Å². The zero-order chi connectivity index (χ0) is 19.2. The minimum Gasteiger partial charge on any atom is -0.370 e. The first-order valence-corrected chi connectivity index (χ1v) is 12.4. The summed E-state index contributed by atoms with van der Waals surface area (Å²) in [5, 5.41) is 11.5. The van der Waals surface area contributed by atoms with Crippen molar-refractivity contribution < 1.29 is 5.11 Å². The summed E-state index contributed by atoms with van der Waals surface area (Å²) in [4.78, 5) is 0. The molecule has 0 bridgehead atoms. The quantitative estimate of drug-likeness (QED) is 0.539. The second-order valence-electron chi connectivity index (χ2n) is 7.69. The Hall–Kier alpha value is -2.34. The summed E-state index contributed by atoms with van der Waals surface area (Å²) in [7, 11) is -1.62. The predicted octanol–water partition coefficient (Wildman–Crippen LogP) is 5.81. The van der Waals surface area contributed by atoms with Crippen molar-refractivity contribution in [3.63, 3.8) is 0 Å². The number of aliphatic hydroxyl groups is 1. The Labute approximate surface area is 159 Å². The third-order valence-corrected chi connectivity index (χ3v) is 5.00. The van der Waals surface area contributed by atoms with Crippen LogP contribution in [0.3, 0.4) is 0 Å². The van der Waals surface area contributed by atoms with Crippen molar-refractivity contribution in [3.05, 3.63) is 82.9 Å². The SMILES string of the molecule is C/C(=C\c1ccccc1)C(O)(C#C[Si](C)(C)C)/C(C)=C/c1ccccc1. The van der Waals surface area contributed by atoms with Crippen LogP contribution in [0, 0.1) is 11.5 Å². The first-order chi connectivity index (χ1) is 12.2. The molecule has 0 saturated carbocycles. The Morgan fingerprint density at radius 2 is 1.19 bits per heavy atom. The highest BCUT2D eigenvalue weighted by atomic mass is 28.3. The number of rotatable bonds is 4. The van der Waals surface area contributed by atoms with Crippen LogP contribution in [-0.4, -0.2) is 18.8 Å². The third-order valence-electron chi connectivity index (χ3n) is 4.13. The zero-order valence-electron chi connectivity index (χ0n) is 16.4. The summed E-state index contributed by atoms with van der Waals surface area (Å²) < 4.78 is 0. The van der Waals surface area contributed by atoms with Gasteiger partial charge in [-0.3, -0.25) is 0 Å². The maximum Gasteiger partial charge on any atom is 0.168 e. The minimum atomic E-state index is -1.62. The fourth-order valence-corrected chi connectivity index (χ4v) is 3.15. The normalized spacial score (nSPS) is 15.0. The van der Waals surface area contributed by atoms with Crippen LogP contribution in [0.5, 0.6) is 0 Å². The second-order valence-corrected chi connectivity index (χ2v) is 12.4. The molecule has 0 aliphatic heterocycles. The summed E-state index contributed by atoms with van der Waals surface area (Å²) >= 11 is 0. The molecule has 0 heterocycles. The Balaban J connectivity index is 2.53. The first kappa shape index (κ1) is 20.0. The lowest BCUT2D eigenvalue weighted by Crippen LogP contribution is -2.31. The predicted molar refractivity (Wildman–Crippen MR) is 116 cm³/mol. The van der Waals surface area contributed by atoms with Gasteiger partial charge in [0, 0.05) is 0 Å². The highest BCUT2D eigenvalue weighted by molar-refractivity contribution is 6.83. The van der Waals surface area contributed by atoms with Crippen molar-refractivity contribution in [3.8, 4) is 11.5 Å². The van der Waals surface area contributed by atoms with Crippen LogP contribution in [0.15, 0.2) is 71.8 Å². The van der Waals surface area contributed by atoms with Crippen LogP contribution >= 0.6 is 0 Å². The topological polar surface area (TPSA) is 20.2 Å². The smallest absolute Gasteiger partial charge is 0.168 e. The van der Waals surface area contributed by atoms with Crippen LogP contribution in [0.1, 0.15) is 25.0 Å². The monoisotopic (exact) mass is 360 g/mol. The van der Waals surface area contributed by atoms with Gasteiger partial charge in [0.25, 0.3) is 0 Å². The van der Waals surface area contributed by atoms with Crippen LogP contribution < -0.4 is 0 Å². The lowest BCUT2D eigenvalue weighted by Gasteiger charge is -2.26. The third kappa shape index (κ3) is 5.59. The molecule has 0 aromatic heterocycles. The van der Waals surface area contributed by atoms with Crippen LogP contribution in [0.4, 0.5) is 0 Å². The maximum absolute atomic E-state index is 11.5. The van der Waals surface area contributed by atoms with Gasteiger partial charge >= 0.3 is 0 Å². The summed E-state index contributed by atoms with van der Waals surface area (Å²) in [6, 6.07) is 20.1. The van der Waals surface area contributed by atoms with Gasteiger partial charge in [0.15, 0.2) is 5.60 Å². The molecule has 0 amide bonds. The largest absolute Gasteiger partial charge is 0.370 e. The minimum absolute atomic E-state index is 0.833. The van der Waals surface area contributed by atoms with Crippen molar-refractivity contribution >= 4 is 20.2 Å². The molecule has 0 fully saturated rings. The van der Waals surface area contributed by atoms with Crippen molar-refractivity contribution in [2.75, 3.05) is 0 Å². The highest BCUT2D eigenvalue weighted by Crippen LogP contribution is 2.29. The molecule has 0 aliphatic carbocycles. The molecule has 1 nitrogen and oxygen atoms in total. The molecular weight excluding hydrogens is 332 g/mol. The Morgan fingerprint density at radius 3 is 1.54 bits per heavy atom. The zero-order valence-corrected chi connectivity index (χ0v) is 17.4. The fraction of sp³-hybridized carbons (Fsp3) is 0.250. The summed E-state index contributed by atoms with van der Waals surface area (Å²) in [6.45, 7) is 10.5. The number of benzene rings is 2. The molecular formula is C24H28OSi. The van der Waals surface area contributed by atoms with E-state index in [1.54, 1.807) is 0 Å². The highest BCUT2D eigenvalue weighted by Gasteiger charge is 2.29. The molecule has 0 saturated heterocycles. The van der Waals surface area contributed by atoms with E-state index in [1.807, 2.05) is 86.7 Å². The molecule has 2 aromatic rings. The van der Waals surface area contributed by atoms with Gasteiger partial charge in [0.1, 0.15) is 8.07 Å². The van der Waals surface area contributed by atoms with E-state index in [2.05, 4.69) is 31.1 Å². The van der Waals surface area contributed by atoms with Crippen molar-refractivity contribution in [2.24, 2.45) is 0 Å². The molecule has 26 heavy (non-hydrogen) atoms. The van der Waals surface area contributed by atoms with Gasteiger partial charge < -0.3 is 5.11 Å². The van der Waals surface area contributed by atoms with E-state index in [9.17, 15) is 5.11 Å². The Bertz CT molecular complexity index is 788. The molecule has 0 unspecified atom stereocenters. The number of hydrogen-bond acceptors (Lipinski definition) is 1. The molecule has 134 valence electrons. The van der Waals surface area contributed by atoms with Crippen LogP contribution in [-0.2, 0) is 0 Å². The summed E-state index contributed by atoms with van der Waals surface area (Å²) in [5.74, 6) is 3.21. The van der Waals surface area contributed by atoms with E-state index in [0.29, 0.717) is 0 Å². The molecule has 0 aliphatic rings. The van der Waals surface area contributed by atoms with Gasteiger partial charge in [-0.05, 0) is 36.1 Å². The van der Waals surface area contributed by atoms with E-state index >= 15 is 0 Å². The lowest BCUT2D eigenvalue weighted by atomic mass is 9.86. The van der Waals surface area contributed by atoms with E-state index in [1.165, 1.54) is 0 Å². The first-order valence-electron chi connectivity index (χ1n) is 8.95. The average molecular weight is 361 g/mol. The van der Waals surface area contributed by atoms with Gasteiger partial charge in [0.2, 0.25) is 0 Å². The summed E-state index contributed by atoms with van der Waals surface area (Å²) in [5.41, 5.74) is 5.87. The standard InChI is InChI=1S/C24H28OSi/c1-20(18-22-12-8-6-9-13-22)24(25,16-17-26(3,4)5)21(2)19-23-14-10-7-11-15-23/h6-15,18-19,25H,1-5H3/b20-18+,21-19+. The summed E-state index contributed by atoms with van der Waals surface area (Å²) in [6.07, 6.45) is 4.03. The Kier molecular flexibility index (Phi) is 6.42. The Morgan fingerprint density at radius 1 is 0.808 bits per heavy atom. The molecule has 0 radical (unpaired) electrons. The van der Waals surface area contributed by atoms with Crippen LogP contribution in [0.25, 0.3) is 12.2 Å². The molecule has 2 heteroatoms. The van der Waals surface area contributed by atoms with Gasteiger partial charge in [0.05, 0.1) is 0 Å². The second kappa shape index (κ2) is 8.36. The average Bonchev–Trinajstić information content (AvgIpc) is 2.60. The van der Waals surface area contributed by atoms with Crippen molar-refractivity contribution in [1.29, 1.82) is 0 Å². The van der Waals surface area contributed by atoms with E-state index in [4.69, 9.17) is 0 Å². The fourth-order valence-electron chi connectivity index (χ4n) is 2.59. The number of hydrogen-bond donors (Lipinski definition) is 1. The molecule has 1 N–H and O–H groups in total. The van der Waals surface area contributed by atoms with E-state index in [0.717, 1.165) is 22.3 Å². The van der Waals surface area contributed by atoms with E-state index < -0.39 is 13.7 Å². The van der Waals surface area contributed by atoms with Crippen molar-refractivity contribution in [1.82, 2.24) is 0 Å². The van der Waals surface area contributed by atoms with Crippen LogP contribution in [0.2, 0.25) is 19.6 Å².